The first kappa shape index (κ1) is 17.4. The van der Waals surface area contributed by atoms with Crippen molar-refractivity contribution in [2.24, 2.45) is 0 Å². The Bertz CT molecular complexity index is 687. The predicted octanol–water partition coefficient (Wildman–Crippen LogP) is 3.21. The number of hydrogen-bond acceptors (Lipinski definition) is 4. The van der Waals surface area contributed by atoms with Crippen LogP contribution in [0.3, 0.4) is 0 Å². The van der Waals surface area contributed by atoms with E-state index in [4.69, 9.17) is 0 Å². The first-order valence-electron chi connectivity index (χ1n) is 7.52. The average Bonchev–Trinajstić information content (AvgIpc) is 3.04. The summed E-state index contributed by atoms with van der Waals surface area (Å²) in [5.74, 6) is -0.390. The Kier molecular flexibility index (Phi) is 5.34. The molecule has 0 aliphatic carbocycles. The Morgan fingerprint density at radius 3 is 2.30 bits per heavy atom. The summed E-state index contributed by atoms with van der Waals surface area (Å²) < 4.78 is 0. The van der Waals surface area contributed by atoms with E-state index in [1.807, 2.05) is 18.4 Å². The second-order valence-electron chi connectivity index (χ2n) is 5.98. The van der Waals surface area contributed by atoms with Crippen molar-refractivity contribution in [3.63, 3.8) is 0 Å². The second kappa shape index (κ2) is 7.06. The van der Waals surface area contributed by atoms with Crippen molar-refractivity contribution in [1.82, 2.24) is 4.90 Å². The third kappa shape index (κ3) is 4.27. The molecule has 1 N–H and O–H groups in total. The number of rotatable bonds is 6. The number of nitrogens with zero attached hydrogens (tertiary/aromatic N) is 1. The van der Waals surface area contributed by atoms with E-state index in [-0.39, 0.29) is 18.2 Å². The van der Waals surface area contributed by atoms with E-state index in [1.165, 1.54) is 11.3 Å². The first-order chi connectivity index (χ1) is 10.8. The molecular formula is C18H21NO3S. The molecule has 1 aromatic carbocycles. The summed E-state index contributed by atoms with van der Waals surface area (Å²) >= 11 is 1.36. The van der Waals surface area contributed by atoms with Gasteiger partial charge in [0.25, 0.3) is 5.91 Å². The molecule has 5 heteroatoms. The average molecular weight is 331 g/mol. The molecule has 2 aromatic rings. The molecule has 0 atom stereocenters. The van der Waals surface area contributed by atoms with Gasteiger partial charge >= 0.3 is 0 Å². The zero-order valence-electron chi connectivity index (χ0n) is 13.6. The molecule has 0 spiro atoms. The topological polar surface area (TPSA) is 57.6 Å². The van der Waals surface area contributed by atoms with Crippen LogP contribution in [0.2, 0.25) is 0 Å². The maximum Gasteiger partial charge on any atom is 0.254 e. The lowest BCUT2D eigenvalue weighted by atomic mass is 10.0. The summed E-state index contributed by atoms with van der Waals surface area (Å²) in [6, 6.07) is 10.4. The third-order valence-electron chi connectivity index (χ3n) is 3.39. The monoisotopic (exact) mass is 331 g/mol. The fourth-order valence-corrected chi connectivity index (χ4v) is 3.05. The van der Waals surface area contributed by atoms with Gasteiger partial charge in [0.2, 0.25) is 5.78 Å². The largest absolute Gasteiger partial charge is 0.389 e. The van der Waals surface area contributed by atoms with Gasteiger partial charge in [0.05, 0.1) is 16.0 Å². The third-order valence-corrected chi connectivity index (χ3v) is 4.26. The van der Waals surface area contributed by atoms with Gasteiger partial charge in [-0.15, -0.1) is 11.3 Å². The molecule has 0 unspecified atom stereocenters. The summed E-state index contributed by atoms with van der Waals surface area (Å²) in [6.45, 7) is 5.85. The highest BCUT2D eigenvalue weighted by molar-refractivity contribution is 7.12. The zero-order valence-corrected chi connectivity index (χ0v) is 14.4. The van der Waals surface area contributed by atoms with Gasteiger partial charge in [0, 0.05) is 18.7 Å². The van der Waals surface area contributed by atoms with E-state index in [0.717, 1.165) is 0 Å². The molecule has 0 bridgehead atoms. The van der Waals surface area contributed by atoms with Gasteiger partial charge in [-0.1, -0.05) is 24.3 Å². The SMILES string of the molecule is CCN(CC(C)(C)O)C(=O)c1ccccc1C(=O)c1cccs1. The number of carbonyl (C=O) groups excluding carboxylic acids is 2. The van der Waals surface area contributed by atoms with Crippen LogP contribution in [0.1, 0.15) is 46.4 Å². The summed E-state index contributed by atoms with van der Waals surface area (Å²) in [7, 11) is 0. The molecule has 23 heavy (non-hydrogen) atoms. The van der Waals surface area contributed by atoms with Crippen LogP contribution in [-0.4, -0.2) is 40.4 Å². The number of ketones is 1. The Balaban J connectivity index is 2.36. The molecule has 0 radical (unpaired) electrons. The van der Waals surface area contributed by atoms with E-state index >= 15 is 0 Å². The molecule has 0 aliphatic rings. The highest BCUT2D eigenvalue weighted by Gasteiger charge is 2.25. The van der Waals surface area contributed by atoms with Crippen LogP contribution in [0.15, 0.2) is 41.8 Å². The van der Waals surface area contributed by atoms with Crippen molar-refractivity contribution >= 4 is 23.0 Å². The summed E-state index contributed by atoms with van der Waals surface area (Å²) in [5, 5.41) is 11.8. The molecular weight excluding hydrogens is 310 g/mol. The number of amides is 1. The van der Waals surface area contributed by atoms with Crippen molar-refractivity contribution in [3.05, 3.63) is 57.8 Å². The van der Waals surface area contributed by atoms with Crippen LogP contribution in [0.25, 0.3) is 0 Å². The molecule has 2 rings (SSSR count). The minimum Gasteiger partial charge on any atom is -0.389 e. The van der Waals surface area contributed by atoms with Crippen molar-refractivity contribution in [2.75, 3.05) is 13.1 Å². The lowest BCUT2D eigenvalue weighted by molar-refractivity contribution is 0.0314. The number of aliphatic hydroxyl groups is 1. The first-order valence-corrected chi connectivity index (χ1v) is 8.40. The quantitative estimate of drug-likeness (QED) is 0.827. The molecule has 0 aliphatic heterocycles. The highest BCUT2D eigenvalue weighted by Crippen LogP contribution is 2.20. The van der Waals surface area contributed by atoms with Gasteiger partial charge in [-0.3, -0.25) is 9.59 Å². The van der Waals surface area contributed by atoms with Gasteiger partial charge in [0.15, 0.2) is 0 Å². The standard InChI is InChI=1S/C18H21NO3S/c1-4-19(12-18(2,3)22)17(21)14-9-6-5-8-13(14)16(20)15-10-7-11-23-15/h5-11,22H,4,12H2,1-3H3. The molecule has 0 saturated carbocycles. The van der Waals surface area contributed by atoms with Crippen molar-refractivity contribution in [1.29, 1.82) is 0 Å². The number of benzene rings is 1. The lowest BCUT2D eigenvalue weighted by Gasteiger charge is -2.28. The van der Waals surface area contributed by atoms with Crippen LogP contribution < -0.4 is 0 Å². The summed E-state index contributed by atoms with van der Waals surface area (Å²) in [4.78, 5) is 27.6. The molecule has 4 nitrogen and oxygen atoms in total. The highest BCUT2D eigenvalue weighted by atomic mass is 32.1. The van der Waals surface area contributed by atoms with Crippen LogP contribution in [0, 0.1) is 0 Å². The maximum atomic E-state index is 12.8. The van der Waals surface area contributed by atoms with Gasteiger partial charge in [-0.05, 0) is 38.3 Å². The smallest absolute Gasteiger partial charge is 0.254 e. The van der Waals surface area contributed by atoms with Gasteiger partial charge in [0.1, 0.15) is 0 Å². The van der Waals surface area contributed by atoms with Crippen LogP contribution in [0.5, 0.6) is 0 Å². The maximum absolute atomic E-state index is 12.8. The minimum atomic E-state index is -0.988. The van der Waals surface area contributed by atoms with Crippen molar-refractivity contribution in [3.8, 4) is 0 Å². The van der Waals surface area contributed by atoms with E-state index in [0.29, 0.717) is 22.5 Å². The second-order valence-corrected chi connectivity index (χ2v) is 6.93. The molecule has 0 saturated heterocycles. The predicted molar refractivity (Wildman–Crippen MR) is 92.1 cm³/mol. The summed E-state index contributed by atoms with van der Waals surface area (Å²) in [6.07, 6.45) is 0. The number of thiophene rings is 1. The number of carbonyl (C=O) groups is 2. The molecule has 1 aromatic heterocycles. The van der Waals surface area contributed by atoms with Crippen LogP contribution >= 0.6 is 11.3 Å². The van der Waals surface area contributed by atoms with Crippen molar-refractivity contribution < 1.29 is 14.7 Å². The van der Waals surface area contributed by atoms with Crippen molar-refractivity contribution in [2.45, 2.75) is 26.4 Å². The molecule has 122 valence electrons. The fourth-order valence-electron chi connectivity index (χ4n) is 2.37. The van der Waals surface area contributed by atoms with Gasteiger partial charge < -0.3 is 10.0 Å². The van der Waals surface area contributed by atoms with E-state index in [1.54, 1.807) is 49.1 Å². The minimum absolute atomic E-state index is 0.150. The molecule has 1 heterocycles. The number of hydrogen-bond donors (Lipinski definition) is 1. The summed E-state index contributed by atoms with van der Waals surface area (Å²) in [5.41, 5.74) is -0.218. The Hall–Kier alpha value is -1.98. The van der Waals surface area contributed by atoms with Crippen LogP contribution in [0.4, 0.5) is 0 Å². The van der Waals surface area contributed by atoms with E-state index < -0.39 is 5.60 Å². The lowest BCUT2D eigenvalue weighted by Crippen LogP contribution is -2.42. The van der Waals surface area contributed by atoms with Gasteiger partial charge in [-0.2, -0.15) is 0 Å². The Morgan fingerprint density at radius 1 is 1.13 bits per heavy atom. The number of likely N-dealkylation sites (N-methyl/N-ethyl adjacent to an activating group) is 1. The van der Waals surface area contributed by atoms with E-state index in [9.17, 15) is 14.7 Å². The molecule has 0 fully saturated rings. The fraction of sp³-hybridized carbons (Fsp3) is 0.333. The zero-order chi connectivity index (χ0) is 17.0. The van der Waals surface area contributed by atoms with Crippen LogP contribution in [-0.2, 0) is 0 Å². The van der Waals surface area contributed by atoms with Gasteiger partial charge in [-0.25, -0.2) is 0 Å². The Labute approximate surface area is 140 Å². The normalized spacial score (nSPS) is 11.3. The molecule has 1 amide bonds. The van der Waals surface area contributed by atoms with E-state index in [2.05, 4.69) is 0 Å². The Morgan fingerprint density at radius 2 is 1.78 bits per heavy atom.